The smallest absolute Gasteiger partial charge is 0.242 e. The van der Waals surface area contributed by atoms with Crippen LogP contribution in [0.4, 0.5) is 5.95 Å². The monoisotopic (exact) mass is 219 g/mol. The van der Waals surface area contributed by atoms with E-state index in [0.29, 0.717) is 6.54 Å². The molecule has 0 saturated carbocycles. The fraction of sp³-hybridized carbons (Fsp3) is 0.400. The van der Waals surface area contributed by atoms with E-state index in [4.69, 9.17) is 5.26 Å². The van der Waals surface area contributed by atoms with E-state index in [9.17, 15) is 4.79 Å². The van der Waals surface area contributed by atoms with Crippen molar-refractivity contribution in [3.05, 3.63) is 18.0 Å². The van der Waals surface area contributed by atoms with Crippen molar-refractivity contribution in [3.63, 3.8) is 0 Å². The molecule has 2 N–H and O–H groups in total. The third kappa shape index (κ3) is 3.20. The number of nitrogens with zero attached hydrogens (tertiary/aromatic N) is 3. The van der Waals surface area contributed by atoms with Crippen molar-refractivity contribution in [1.29, 1.82) is 5.26 Å². The normalized spacial score (nSPS) is 11.3. The van der Waals surface area contributed by atoms with Gasteiger partial charge in [0, 0.05) is 12.7 Å². The van der Waals surface area contributed by atoms with E-state index in [1.807, 2.05) is 13.0 Å². The van der Waals surface area contributed by atoms with E-state index in [1.165, 1.54) is 12.3 Å². The molecule has 0 bridgehead atoms. The minimum atomic E-state index is -0.436. The van der Waals surface area contributed by atoms with Crippen LogP contribution in [-0.4, -0.2) is 28.5 Å². The van der Waals surface area contributed by atoms with Crippen LogP contribution in [0.25, 0.3) is 0 Å². The topological polar surface area (TPSA) is 90.7 Å². The van der Waals surface area contributed by atoms with Crippen molar-refractivity contribution < 1.29 is 4.79 Å². The van der Waals surface area contributed by atoms with Gasteiger partial charge in [-0.15, -0.1) is 0 Å². The zero-order valence-electron chi connectivity index (χ0n) is 9.19. The third-order valence-corrected chi connectivity index (χ3v) is 1.86. The van der Waals surface area contributed by atoms with Gasteiger partial charge in [0.2, 0.25) is 11.9 Å². The Bertz CT molecular complexity index is 412. The first-order valence-electron chi connectivity index (χ1n) is 4.94. The molecule has 0 aromatic carbocycles. The van der Waals surface area contributed by atoms with Crippen LogP contribution < -0.4 is 10.6 Å². The predicted molar refractivity (Wildman–Crippen MR) is 58.5 cm³/mol. The van der Waals surface area contributed by atoms with Crippen molar-refractivity contribution >= 4 is 11.9 Å². The maximum atomic E-state index is 11.4. The highest BCUT2D eigenvalue weighted by atomic mass is 16.2. The third-order valence-electron chi connectivity index (χ3n) is 1.86. The minimum Gasteiger partial charge on any atom is -0.355 e. The lowest BCUT2D eigenvalue weighted by Gasteiger charge is -2.12. The lowest BCUT2D eigenvalue weighted by Crippen LogP contribution is -2.37. The van der Waals surface area contributed by atoms with Gasteiger partial charge in [-0.3, -0.25) is 4.79 Å². The summed E-state index contributed by atoms with van der Waals surface area (Å²) in [6.07, 6.45) is 1.47. The second-order valence-corrected chi connectivity index (χ2v) is 3.14. The molecule has 1 unspecified atom stereocenters. The summed E-state index contributed by atoms with van der Waals surface area (Å²) in [5, 5.41) is 14.1. The van der Waals surface area contributed by atoms with Crippen molar-refractivity contribution in [3.8, 4) is 6.07 Å². The van der Waals surface area contributed by atoms with Crippen molar-refractivity contribution in [2.45, 2.75) is 19.9 Å². The summed E-state index contributed by atoms with van der Waals surface area (Å²) >= 11 is 0. The van der Waals surface area contributed by atoms with Gasteiger partial charge in [-0.25, -0.2) is 9.97 Å². The van der Waals surface area contributed by atoms with Gasteiger partial charge in [0.1, 0.15) is 17.8 Å². The van der Waals surface area contributed by atoms with Crippen molar-refractivity contribution in [2.75, 3.05) is 11.9 Å². The molecule has 0 aliphatic heterocycles. The van der Waals surface area contributed by atoms with Gasteiger partial charge in [-0.2, -0.15) is 5.26 Å². The molecule has 0 aliphatic rings. The summed E-state index contributed by atoms with van der Waals surface area (Å²) in [4.78, 5) is 19.2. The van der Waals surface area contributed by atoms with Crippen molar-refractivity contribution in [1.82, 2.24) is 15.3 Å². The summed E-state index contributed by atoms with van der Waals surface area (Å²) in [6, 6.07) is 2.97. The average molecular weight is 219 g/mol. The summed E-state index contributed by atoms with van der Waals surface area (Å²) in [5.74, 6) is 0.145. The first-order valence-corrected chi connectivity index (χ1v) is 4.94. The largest absolute Gasteiger partial charge is 0.355 e. The zero-order chi connectivity index (χ0) is 12.0. The molecule has 1 aromatic heterocycles. The fourth-order valence-corrected chi connectivity index (χ4v) is 1.08. The van der Waals surface area contributed by atoms with E-state index < -0.39 is 6.04 Å². The Morgan fingerprint density at radius 3 is 3.06 bits per heavy atom. The SMILES string of the molecule is CCNC(=O)C(C)Nc1nccc(C#N)n1. The molecule has 1 atom stereocenters. The standard InChI is InChI=1S/C10H13N5O/c1-3-12-9(16)7(2)14-10-13-5-4-8(6-11)15-10/h4-5,7H,3H2,1-2H3,(H,12,16)(H,13,14,15). The first-order chi connectivity index (χ1) is 7.67. The molecular formula is C10H13N5O. The second kappa shape index (κ2) is 5.66. The Morgan fingerprint density at radius 1 is 1.69 bits per heavy atom. The summed E-state index contributed by atoms with van der Waals surface area (Å²) in [6.45, 7) is 4.12. The Kier molecular flexibility index (Phi) is 4.21. The van der Waals surface area contributed by atoms with Gasteiger partial charge in [-0.1, -0.05) is 0 Å². The number of rotatable bonds is 4. The Labute approximate surface area is 93.7 Å². The average Bonchev–Trinajstić information content (AvgIpc) is 2.29. The van der Waals surface area contributed by atoms with Crippen LogP contribution in [-0.2, 0) is 4.79 Å². The predicted octanol–water partition coefficient (Wildman–Crippen LogP) is 0.285. The maximum Gasteiger partial charge on any atom is 0.242 e. The lowest BCUT2D eigenvalue weighted by atomic mass is 10.3. The number of carbonyl (C=O) groups excluding carboxylic acids is 1. The quantitative estimate of drug-likeness (QED) is 0.759. The molecule has 16 heavy (non-hydrogen) atoms. The van der Waals surface area contributed by atoms with Gasteiger partial charge in [0.15, 0.2) is 0 Å². The Hall–Kier alpha value is -2.16. The fourth-order valence-electron chi connectivity index (χ4n) is 1.08. The van der Waals surface area contributed by atoms with E-state index in [2.05, 4.69) is 20.6 Å². The second-order valence-electron chi connectivity index (χ2n) is 3.14. The van der Waals surface area contributed by atoms with Crippen LogP contribution in [0.3, 0.4) is 0 Å². The molecular weight excluding hydrogens is 206 g/mol. The number of aromatic nitrogens is 2. The van der Waals surface area contributed by atoms with Gasteiger partial charge in [0.25, 0.3) is 0 Å². The summed E-state index contributed by atoms with van der Waals surface area (Å²) in [5.41, 5.74) is 0.264. The molecule has 84 valence electrons. The van der Waals surface area contributed by atoms with Gasteiger partial charge in [-0.05, 0) is 19.9 Å². The first kappa shape index (κ1) is 11.9. The highest BCUT2D eigenvalue weighted by molar-refractivity contribution is 5.83. The number of hydrogen-bond donors (Lipinski definition) is 2. The maximum absolute atomic E-state index is 11.4. The molecule has 1 rings (SSSR count). The summed E-state index contributed by atoms with van der Waals surface area (Å²) in [7, 11) is 0. The van der Waals surface area contributed by atoms with Crippen LogP contribution in [0, 0.1) is 11.3 Å². The highest BCUT2D eigenvalue weighted by Gasteiger charge is 2.12. The number of carbonyl (C=O) groups is 1. The molecule has 0 spiro atoms. The van der Waals surface area contributed by atoms with E-state index in [0.717, 1.165) is 0 Å². The van der Waals surface area contributed by atoms with Crippen LogP contribution in [0.2, 0.25) is 0 Å². The molecule has 0 saturated heterocycles. The number of amides is 1. The van der Waals surface area contributed by atoms with E-state index in [-0.39, 0.29) is 17.5 Å². The Morgan fingerprint density at radius 2 is 2.44 bits per heavy atom. The number of likely N-dealkylation sites (N-methyl/N-ethyl adjacent to an activating group) is 1. The van der Waals surface area contributed by atoms with E-state index in [1.54, 1.807) is 6.92 Å². The molecule has 1 amide bonds. The molecule has 6 heteroatoms. The van der Waals surface area contributed by atoms with Crippen molar-refractivity contribution in [2.24, 2.45) is 0 Å². The molecule has 6 nitrogen and oxygen atoms in total. The van der Waals surface area contributed by atoms with Crippen LogP contribution in [0.15, 0.2) is 12.3 Å². The molecule has 0 radical (unpaired) electrons. The molecule has 1 heterocycles. The van der Waals surface area contributed by atoms with Gasteiger partial charge < -0.3 is 10.6 Å². The van der Waals surface area contributed by atoms with Crippen LogP contribution in [0.5, 0.6) is 0 Å². The number of nitrogens with one attached hydrogen (secondary N) is 2. The zero-order valence-corrected chi connectivity index (χ0v) is 9.19. The Balaban J connectivity index is 2.66. The molecule has 0 aliphatic carbocycles. The summed E-state index contributed by atoms with van der Waals surface area (Å²) < 4.78 is 0. The van der Waals surface area contributed by atoms with Crippen LogP contribution in [0.1, 0.15) is 19.5 Å². The highest BCUT2D eigenvalue weighted by Crippen LogP contribution is 2.01. The van der Waals surface area contributed by atoms with Gasteiger partial charge >= 0.3 is 0 Å². The molecule has 0 fully saturated rings. The van der Waals surface area contributed by atoms with E-state index >= 15 is 0 Å². The number of anilines is 1. The van der Waals surface area contributed by atoms with Crippen LogP contribution >= 0.6 is 0 Å². The molecule has 1 aromatic rings. The number of nitriles is 1. The number of hydrogen-bond acceptors (Lipinski definition) is 5. The lowest BCUT2D eigenvalue weighted by molar-refractivity contribution is -0.121. The minimum absolute atomic E-state index is 0.131. The van der Waals surface area contributed by atoms with Gasteiger partial charge in [0.05, 0.1) is 0 Å².